The van der Waals surface area contributed by atoms with Gasteiger partial charge < -0.3 is 9.84 Å². The lowest BCUT2D eigenvalue weighted by molar-refractivity contribution is -0.122. The van der Waals surface area contributed by atoms with Crippen molar-refractivity contribution >= 4 is 35.1 Å². The Kier molecular flexibility index (Phi) is 6.16. The van der Waals surface area contributed by atoms with Crippen LogP contribution in [0.1, 0.15) is 23.6 Å². The van der Waals surface area contributed by atoms with Crippen LogP contribution < -0.4 is 4.74 Å². The van der Waals surface area contributed by atoms with Crippen molar-refractivity contribution in [3.63, 3.8) is 0 Å². The van der Waals surface area contributed by atoms with Crippen molar-refractivity contribution in [2.45, 2.75) is 13.8 Å². The molecule has 0 spiro atoms. The highest BCUT2D eigenvalue weighted by molar-refractivity contribution is 8.18. The van der Waals surface area contributed by atoms with Gasteiger partial charge in [-0.3, -0.25) is 9.79 Å². The molecule has 0 bridgehead atoms. The van der Waals surface area contributed by atoms with E-state index in [4.69, 9.17) is 4.74 Å². The number of carbonyl (C=O) groups excluding carboxylic acids is 1. The molecule has 1 heterocycles. The Morgan fingerprint density at radius 3 is 2.57 bits per heavy atom. The summed E-state index contributed by atoms with van der Waals surface area (Å²) in [5.74, 6) is 0.195. The number of benzene rings is 2. The average Bonchev–Trinajstić information content (AvgIpc) is 2.99. The van der Waals surface area contributed by atoms with E-state index in [2.05, 4.69) is 10.1 Å². The Morgan fingerprint density at radius 2 is 1.89 bits per heavy atom. The van der Waals surface area contributed by atoms with Crippen molar-refractivity contribution in [2.75, 3.05) is 13.7 Å². The molecular weight excluding hydrogens is 374 g/mol. The van der Waals surface area contributed by atoms with Gasteiger partial charge in [0.15, 0.2) is 16.7 Å². The number of amides is 1. The molecule has 7 heteroatoms. The molecule has 0 aliphatic carbocycles. The molecule has 1 aliphatic rings. The fourth-order valence-electron chi connectivity index (χ4n) is 2.53. The molecule has 1 fully saturated rings. The van der Waals surface area contributed by atoms with Crippen LogP contribution in [0.25, 0.3) is 6.08 Å². The van der Waals surface area contributed by atoms with Gasteiger partial charge in [0.2, 0.25) is 0 Å². The molecule has 0 unspecified atom stereocenters. The van der Waals surface area contributed by atoms with Gasteiger partial charge in [-0.1, -0.05) is 35.9 Å². The van der Waals surface area contributed by atoms with Crippen LogP contribution in [-0.4, -0.2) is 41.1 Å². The summed E-state index contributed by atoms with van der Waals surface area (Å²) < 4.78 is 5.40. The number of hydrogen-bond donors (Lipinski definition) is 1. The summed E-state index contributed by atoms with van der Waals surface area (Å²) in [5, 5.41) is 15.9. The number of aliphatic imine (C=N–C) groups is 1. The Morgan fingerprint density at radius 1 is 1.18 bits per heavy atom. The molecule has 1 amide bonds. The van der Waals surface area contributed by atoms with Gasteiger partial charge >= 0.3 is 0 Å². The largest absolute Gasteiger partial charge is 0.504 e. The monoisotopic (exact) mass is 395 g/mol. The summed E-state index contributed by atoms with van der Waals surface area (Å²) in [6, 6.07) is 12.8. The lowest BCUT2D eigenvalue weighted by atomic mass is 10.2. The van der Waals surface area contributed by atoms with Crippen LogP contribution in [-0.2, 0) is 4.79 Å². The number of carbonyl (C=O) groups is 1. The second kappa shape index (κ2) is 8.75. The number of amidine groups is 1. The zero-order valence-corrected chi connectivity index (χ0v) is 16.7. The number of phenolic OH excluding ortho intramolecular Hbond substituents is 1. The summed E-state index contributed by atoms with van der Waals surface area (Å²) in [4.78, 5) is 17.5. The van der Waals surface area contributed by atoms with E-state index in [1.165, 1.54) is 16.8 Å². The van der Waals surface area contributed by atoms with Crippen LogP contribution in [0.3, 0.4) is 0 Å². The van der Waals surface area contributed by atoms with E-state index in [1.807, 2.05) is 38.1 Å². The number of hydrogen-bond acceptors (Lipinski definition) is 6. The van der Waals surface area contributed by atoms with E-state index in [1.54, 1.807) is 37.5 Å². The van der Waals surface area contributed by atoms with Crippen LogP contribution in [0.15, 0.2) is 57.5 Å². The van der Waals surface area contributed by atoms with Gasteiger partial charge in [-0.2, -0.15) is 10.1 Å². The van der Waals surface area contributed by atoms with E-state index < -0.39 is 0 Å². The third-order valence-electron chi connectivity index (χ3n) is 3.96. The molecule has 0 radical (unpaired) electrons. The van der Waals surface area contributed by atoms with Gasteiger partial charge in [0, 0.05) is 7.05 Å². The topological polar surface area (TPSA) is 74.5 Å². The van der Waals surface area contributed by atoms with Crippen LogP contribution in [0, 0.1) is 6.92 Å². The predicted molar refractivity (Wildman–Crippen MR) is 114 cm³/mol. The van der Waals surface area contributed by atoms with Crippen LogP contribution in [0.5, 0.6) is 11.5 Å². The molecule has 0 atom stereocenters. The molecule has 1 saturated heterocycles. The highest BCUT2D eigenvalue weighted by Crippen LogP contribution is 2.34. The third-order valence-corrected chi connectivity index (χ3v) is 5.01. The summed E-state index contributed by atoms with van der Waals surface area (Å²) >= 11 is 1.25. The number of thioether (sulfide) groups is 1. The molecule has 28 heavy (non-hydrogen) atoms. The minimum atomic E-state index is -0.250. The Bertz CT molecular complexity index is 965. The number of aromatic hydroxyl groups is 1. The number of hydrazone groups is 1. The van der Waals surface area contributed by atoms with Crippen molar-refractivity contribution in [1.29, 1.82) is 0 Å². The Hall–Kier alpha value is -3.06. The highest BCUT2D eigenvalue weighted by Gasteiger charge is 2.33. The summed E-state index contributed by atoms with van der Waals surface area (Å²) in [5.41, 5.74) is 2.80. The summed E-state index contributed by atoms with van der Waals surface area (Å²) in [6.45, 7) is 4.30. The second-order valence-corrected chi connectivity index (χ2v) is 7.06. The maximum absolute atomic E-state index is 12.8. The normalized spacial score (nSPS) is 17.2. The van der Waals surface area contributed by atoms with Crippen molar-refractivity contribution in [3.05, 3.63) is 64.1 Å². The minimum Gasteiger partial charge on any atom is -0.504 e. The Balaban J connectivity index is 1.85. The van der Waals surface area contributed by atoms with Gasteiger partial charge in [0.25, 0.3) is 5.91 Å². The van der Waals surface area contributed by atoms with Gasteiger partial charge in [0.1, 0.15) is 0 Å². The lowest BCUT2D eigenvalue weighted by Crippen LogP contribution is -2.23. The first-order valence-electron chi connectivity index (χ1n) is 8.79. The summed E-state index contributed by atoms with van der Waals surface area (Å²) in [6.07, 6.45) is 3.38. The molecule has 1 aliphatic heterocycles. The number of nitrogens with zero attached hydrogens (tertiary/aromatic N) is 3. The zero-order valence-electron chi connectivity index (χ0n) is 15.9. The molecule has 0 aromatic heterocycles. The number of aryl methyl sites for hydroxylation is 1. The van der Waals surface area contributed by atoms with Gasteiger partial charge in [-0.25, -0.2) is 0 Å². The fraction of sp³-hybridized carbons (Fsp3) is 0.190. The van der Waals surface area contributed by atoms with Crippen LogP contribution >= 0.6 is 11.8 Å². The maximum atomic E-state index is 12.8. The second-order valence-electron chi connectivity index (χ2n) is 6.05. The van der Waals surface area contributed by atoms with E-state index in [0.717, 1.165) is 16.7 Å². The van der Waals surface area contributed by atoms with Crippen LogP contribution in [0.2, 0.25) is 0 Å². The van der Waals surface area contributed by atoms with E-state index >= 15 is 0 Å². The van der Waals surface area contributed by atoms with Crippen molar-refractivity contribution in [1.82, 2.24) is 5.01 Å². The third kappa shape index (κ3) is 4.43. The SMILES string of the molecule is CCOc1cc(/C=C2/SC(=NC)N(/N=C/c3ccc(C)cc3)C2=O)ccc1O. The maximum Gasteiger partial charge on any atom is 0.287 e. The quantitative estimate of drug-likeness (QED) is 0.613. The number of ether oxygens (including phenoxy) is 1. The molecule has 0 saturated carbocycles. The molecule has 2 aromatic carbocycles. The number of phenols is 1. The molecule has 2 aromatic rings. The molecule has 6 nitrogen and oxygen atoms in total. The Labute approximate surface area is 168 Å². The first-order valence-corrected chi connectivity index (χ1v) is 9.60. The fourth-order valence-corrected chi connectivity index (χ4v) is 3.40. The zero-order chi connectivity index (χ0) is 20.1. The molecular formula is C21H21N3O3S. The van der Waals surface area contributed by atoms with Gasteiger partial charge in [-0.05, 0) is 54.9 Å². The lowest BCUT2D eigenvalue weighted by Gasteiger charge is -2.07. The van der Waals surface area contributed by atoms with E-state index in [-0.39, 0.29) is 11.7 Å². The van der Waals surface area contributed by atoms with Crippen molar-refractivity contribution in [3.8, 4) is 11.5 Å². The molecule has 3 rings (SSSR count). The van der Waals surface area contributed by atoms with Gasteiger partial charge in [-0.15, -0.1) is 0 Å². The molecule has 144 valence electrons. The smallest absolute Gasteiger partial charge is 0.287 e. The first kappa shape index (κ1) is 19.7. The van der Waals surface area contributed by atoms with Gasteiger partial charge in [0.05, 0.1) is 17.7 Å². The predicted octanol–water partition coefficient (Wildman–Crippen LogP) is 4.04. The standard InChI is InChI=1S/C21H21N3O3S/c1-4-27-18-11-16(9-10-17(18)25)12-19-20(26)24(21(22-3)28-19)23-13-15-7-5-14(2)6-8-15/h5-13,25H,4H2,1-3H3/b19-12+,22-21?,23-13+. The number of rotatable bonds is 5. The van der Waals surface area contributed by atoms with Crippen molar-refractivity contribution in [2.24, 2.45) is 10.1 Å². The minimum absolute atomic E-state index is 0.0644. The van der Waals surface area contributed by atoms with Crippen molar-refractivity contribution < 1.29 is 14.6 Å². The first-order chi connectivity index (χ1) is 13.5. The van der Waals surface area contributed by atoms with Crippen LogP contribution in [0.4, 0.5) is 0 Å². The summed E-state index contributed by atoms with van der Waals surface area (Å²) in [7, 11) is 1.63. The van der Waals surface area contributed by atoms with E-state index in [0.29, 0.717) is 22.4 Å². The highest BCUT2D eigenvalue weighted by atomic mass is 32.2. The average molecular weight is 395 g/mol. The molecule has 1 N–H and O–H groups in total. The van der Waals surface area contributed by atoms with E-state index in [9.17, 15) is 9.90 Å².